The van der Waals surface area contributed by atoms with Crippen molar-refractivity contribution in [2.45, 2.75) is 30.1 Å². The van der Waals surface area contributed by atoms with Crippen LogP contribution >= 0.6 is 0 Å². The van der Waals surface area contributed by atoms with Gasteiger partial charge in [0.2, 0.25) is 0 Å². The molecular formula is C6H9BO5. The molecule has 2 saturated heterocycles. The standard InChI is InChI=1S/C6H9BO5/c7-4-2-3(9)6(1-8,12-4)5(10)11-2/h2-5,8-10H,1H2/t2-,3+,4-,5?,6-/m1/s1. The molecule has 2 aliphatic heterocycles. The summed E-state index contributed by atoms with van der Waals surface area (Å²) in [6.45, 7) is -0.514. The van der Waals surface area contributed by atoms with Gasteiger partial charge in [0.05, 0.1) is 6.61 Å². The van der Waals surface area contributed by atoms with Crippen LogP contribution in [-0.2, 0) is 9.47 Å². The van der Waals surface area contributed by atoms with Crippen molar-refractivity contribution >= 4 is 7.85 Å². The van der Waals surface area contributed by atoms with Crippen molar-refractivity contribution in [3.63, 3.8) is 0 Å². The molecule has 0 aromatic rings. The predicted molar refractivity (Wildman–Crippen MR) is 37.3 cm³/mol. The number of fused-ring (bicyclic) bond motifs is 2. The molecule has 2 fully saturated rings. The lowest BCUT2D eigenvalue weighted by Crippen LogP contribution is -2.51. The van der Waals surface area contributed by atoms with Gasteiger partial charge in [0.15, 0.2) is 11.9 Å². The fourth-order valence-electron chi connectivity index (χ4n) is 1.68. The maximum atomic E-state index is 9.47. The summed E-state index contributed by atoms with van der Waals surface area (Å²) in [5.41, 5.74) is -1.44. The molecule has 2 radical (unpaired) electrons. The van der Waals surface area contributed by atoms with Gasteiger partial charge < -0.3 is 24.8 Å². The lowest BCUT2D eigenvalue weighted by atomic mass is 9.92. The van der Waals surface area contributed by atoms with Gasteiger partial charge in [-0.3, -0.25) is 0 Å². The number of ether oxygens (including phenoxy) is 2. The average molecular weight is 172 g/mol. The van der Waals surface area contributed by atoms with E-state index in [1.165, 1.54) is 0 Å². The van der Waals surface area contributed by atoms with Crippen LogP contribution in [0.25, 0.3) is 0 Å². The molecule has 6 heteroatoms. The molecule has 66 valence electrons. The van der Waals surface area contributed by atoms with Crippen LogP contribution in [0.3, 0.4) is 0 Å². The quantitative estimate of drug-likeness (QED) is 0.375. The molecule has 12 heavy (non-hydrogen) atoms. The Bertz CT molecular complexity index is 200. The molecule has 3 N–H and O–H groups in total. The summed E-state index contributed by atoms with van der Waals surface area (Å²) >= 11 is 0. The van der Waals surface area contributed by atoms with Crippen LogP contribution in [0, 0.1) is 0 Å². The minimum atomic E-state index is -1.44. The first-order valence-corrected chi connectivity index (χ1v) is 3.67. The van der Waals surface area contributed by atoms with Gasteiger partial charge in [-0.05, 0) is 0 Å². The predicted octanol–water partition coefficient (Wildman–Crippen LogP) is -2.68. The summed E-state index contributed by atoms with van der Waals surface area (Å²) in [5, 5.41) is 27.6. The molecule has 5 nitrogen and oxygen atoms in total. The second kappa shape index (κ2) is 2.43. The number of hydrogen-bond donors (Lipinski definition) is 3. The van der Waals surface area contributed by atoms with Crippen molar-refractivity contribution in [3.05, 3.63) is 0 Å². The monoisotopic (exact) mass is 172 g/mol. The van der Waals surface area contributed by atoms with Gasteiger partial charge >= 0.3 is 0 Å². The molecular weight excluding hydrogens is 163 g/mol. The fourth-order valence-corrected chi connectivity index (χ4v) is 1.68. The van der Waals surface area contributed by atoms with Crippen LogP contribution in [-0.4, -0.2) is 59.9 Å². The van der Waals surface area contributed by atoms with Gasteiger partial charge in [-0.1, -0.05) is 0 Å². The Kier molecular flexibility index (Phi) is 1.71. The Morgan fingerprint density at radius 1 is 1.42 bits per heavy atom. The van der Waals surface area contributed by atoms with Crippen molar-refractivity contribution in [2.75, 3.05) is 6.61 Å². The van der Waals surface area contributed by atoms with E-state index in [1.54, 1.807) is 0 Å². The maximum Gasteiger partial charge on any atom is 0.189 e. The minimum Gasteiger partial charge on any atom is -0.393 e. The SMILES string of the molecule is [B][C@@H]1O[C@@]2(CO)C(O)O[C@@H]1[C@@H]2O. The Balaban J connectivity index is 2.30. The van der Waals surface area contributed by atoms with E-state index >= 15 is 0 Å². The zero-order chi connectivity index (χ0) is 8.93. The van der Waals surface area contributed by atoms with E-state index in [4.69, 9.17) is 22.4 Å². The maximum absolute atomic E-state index is 9.47. The summed E-state index contributed by atoms with van der Waals surface area (Å²) in [4.78, 5) is 0. The van der Waals surface area contributed by atoms with Crippen molar-refractivity contribution in [3.8, 4) is 0 Å². The van der Waals surface area contributed by atoms with Crippen LogP contribution in [0.4, 0.5) is 0 Å². The normalized spacial score (nSPS) is 57.9. The van der Waals surface area contributed by atoms with E-state index in [-0.39, 0.29) is 0 Å². The largest absolute Gasteiger partial charge is 0.393 e. The Hall–Kier alpha value is -0.135. The van der Waals surface area contributed by atoms with Gasteiger partial charge in [-0.25, -0.2) is 0 Å². The highest BCUT2D eigenvalue weighted by molar-refractivity contribution is 6.11. The van der Waals surface area contributed by atoms with Crippen molar-refractivity contribution in [1.82, 2.24) is 0 Å². The van der Waals surface area contributed by atoms with Gasteiger partial charge in [0.25, 0.3) is 0 Å². The third kappa shape index (κ3) is 0.764. The molecule has 0 saturated carbocycles. The van der Waals surface area contributed by atoms with Crippen LogP contribution < -0.4 is 0 Å². The number of hydrogen-bond acceptors (Lipinski definition) is 5. The first-order valence-electron chi connectivity index (χ1n) is 3.67. The van der Waals surface area contributed by atoms with E-state index in [2.05, 4.69) is 0 Å². The molecule has 0 aromatic carbocycles. The summed E-state index contributed by atoms with van der Waals surface area (Å²) in [6, 6.07) is -0.782. The molecule has 0 amide bonds. The summed E-state index contributed by atoms with van der Waals surface area (Å²) in [6.07, 6.45) is -3.11. The Morgan fingerprint density at radius 2 is 2.08 bits per heavy atom. The van der Waals surface area contributed by atoms with E-state index in [9.17, 15) is 10.2 Å². The number of aliphatic hydroxyl groups excluding tert-OH is 3. The lowest BCUT2D eigenvalue weighted by molar-refractivity contribution is -0.252. The van der Waals surface area contributed by atoms with Crippen molar-refractivity contribution < 1.29 is 24.8 Å². The fraction of sp³-hybridized carbons (Fsp3) is 1.00. The van der Waals surface area contributed by atoms with Gasteiger partial charge in [0.1, 0.15) is 20.1 Å². The second-order valence-corrected chi connectivity index (χ2v) is 3.09. The van der Waals surface area contributed by atoms with E-state index in [0.717, 1.165) is 0 Å². The minimum absolute atomic E-state index is 0.514. The lowest BCUT2D eigenvalue weighted by Gasteiger charge is -2.31. The van der Waals surface area contributed by atoms with Crippen molar-refractivity contribution in [1.29, 1.82) is 0 Å². The van der Waals surface area contributed by atoms with Gasteiger partial charge in [-0.2, -0.15) is 0 Å². The molecule has 0 spiro atoms. The van der Waals surface area contributed by atoms with E-state index in [1.807, 2.05) is 0 Å². The topological polar surface area (TPSA) is 79.2 Å². The Morgan fingerprint density at radius 3 is 2.42 bits per heavy atom. The molecule has 0 aromatic heterocycles. The molecule has 2 bridgehead atoms. The first kappa shape index (κ1) is 8.46. The molecule has 2 rings (SSSR count). The van der Waals surface area contributed by atoms with Gasteiger partial charge in [-0.15, -0.1) is 0 Å². The number of aliphatic hydroxyl groups is 3. The van der Waals surface area contributed by atoms with Gasteiger partial charge in [0, 0.05) is 6.00 Å². The second-order valence-electron chi connectivity index (χ2n) is 3.09. The van der Waals surface area contributed by atoms with Crippen molar-refractivity contribution in [2.24, 2.45) is 0 Å². The molecule has 2 heterocycles. The third-order valence-electron chi connectivity index (χ3n) is 2.44. The molecule has 5 atom stereocenters. The highest BCUT2D eigenvalue weighted by Crippen LogP contribution is 2.42. The third-order valence-corrected chi connectivity index (χ3v) is 2.44. The highest BCUT2D eigenvalue weighted by atomic mass is 16.7. The summed E-state index contributed by atoms with van der Waals surface area (Å²) in [7, 11) is 5.40. The van der Waals surface area contributed by atoms with Crippen LogP contribution in [0.5, 0.6) is 0 Å². The summed E-state index contributed by atoms with van der Waals surface area (Å²) < 4.78 is 9.90. The average Bonchev–Trinajstić information content (AvgIpc) is 2.41. The van der Waals surface area contributed by atoms with Crippen LogP contribution in [0.15, 0.2) is 0 Å². The molecule has 0 aliphatic carbocycles. The Labute approximate surface area is 70.3 Å². The zero-order valence-corrected chi connectivity index (χ0v) is 6.25. The number of rotatable bonds is 1. The highest BCUT2D eigenvalue weighted by Gasteiger charge is 2.64. The molecule has 2 aliphatic rings. The smallest absolute Gasteiger partial charge is 0.189 e. The zero-order valence-electron chi connectivity index (χ0n) is 6.25. The van der Waals surface area contributed by atoms with E-state index < -0.39 is 36.7 Å². The summed E-state index contributed by atoms with van der Waals surface area (Å²) in [5.74, 6) is 0. The first-order chi connectivity index (χ1) is 5.62. The van der Waals surface area contributed by atoms with E-state index in [0.29, 0.717) is 0 Å². The van der Waals surface area contributed by atoms with Crippen LogP contribution in [0.2, 0.25) is 0 Å². The van der Waals surface area contributed by atoms with Crippen LogP contribution in [0.1, 0.15) is 0 Å². The molecule has 1 unspecified atom stereocenters.